The maximum absolute atomic E-state index is 12.5. The molecule has 3 amide bonds. The number of hydrogen-bond acceptors (Lipinski definition) is 3. The van der Waals surface area contributed by atoms with Crippen LogP contribution in [0.25, 0.3) is 0 Å². The highest BCUT2D eigenvalue weighted by Crippen LogP contribution is 2.32. The molecule has 3 N–H and O–H groups in total. The van der Waals surface area contributed by atoms with Crippen molar-refractivity contribution in [3.05, 3.63) is 11.8 Å². The molecule has 1 saturated carbocycles. The molecule has 2 fully saturated rings. The topological polar surface area (TPSA) is 93.2 Å². The lowest BCUT2D eigenvalue weighted by atomic mass is 9.96. The third-order valence-corrected chi connectivity index (χ3v) is 5.06. The van der Waals surface area contributed by atoms with Gasteiger partial charge in [-0.25, -0.2) is 9.48 Å². The first kappa shape index (κ1) is 15.8. The number of aryl methyl sites for hydroxylation is 1. The molecule has 0 aromatic carbocycles. The molecule has 0 atom stereocenters. The molecule has 1 aromatic heterocycles. The van der Waals surface area contributed by atoms with E-state index in [1.165, 1.54) is 12.8 Å². The zero-order chi connectivity index (χ0) is 16.4. The van der Waals surface area contributed by atoms with Crippen molar-refractivity contribution in [3.8, 4) is 0 Å². The molecule has 1 aliphatic carbocycles. The number of nitrogens with two attached hydrogens (primary N) is 1. The fourth-order valence-corrected chi connectivity index (χ4v) is 3.58. The van der Waals surface area contributed by atoms with Gasteiger partial charge in [0.1, 0.15) is 5.82 Å². The Hall–Kier alpha value is -2.05. The van der Waals surface area contributed by atoms with E-state index in [2.05, 4.69) is 10.4 Å². The van der Waals surface area contributed by atoms with Crippen molar-refractivity contribution < 1.29 is 9.59 Å². The van der Waals surface area contributed by atoms with E-state index in [1.54, 1.807) is 4.90 Å². The fraction of sp³-hybridized carbons (Fsp3) is 0.688. The first-order chi connectivity index (χ1) is 11.1. The molecule has 0 radical (unpaired) electrons. The highest BCUT2D eigenvalue weighted by molar-refractivity contribution is 5.89. The maximum atomic E-state index is 12.5. The summed E-state index contributed by atoms with van der Waals surface area (Å²) in [6.45, 7) is 3.10. The van der Waals surface area contributed by atoms with Gasteiger partial charge in [-0.2, -0.15) is 5.10 Å². The smallest absolute Gasteiger partial charge is 0.323 e. The molecule has 126 valence electrons. The SMILES string of the molecule is Cc1cnn(C2CCCC2)c1NC(=O)N1CCC(C(N)=O)CC1. The van der Waals surface area contributed by atoms with Crippen molar-refractivity contribution >= 4 is 17.8 Å². The van der Waals surface area contributed by atoms with E-state index >= 15 is 0 Å². The number of nitrogens with zero attached hydrogens (tertiary/aromatic N) is 3. The molecule has 1 aromatic rings. The second-order valence-corrected chi connectivity index (χ2v) is 6.65. The van der Waals surface area contributed by atoms with Crippen molar-refractivity contribution in [2.75, 3.05) is 18.4 Å². The molecule has 2 heterocycles. The summed E-state index contributed by atoms with van der Waals surface area (Å²) < 4.78 is 1.97. The Kier molecular flexibility index (Phi) is 4.54. The first-order valence-corrected chi connectivity index (χ1v) is 8.45. The van der Waals surface area contributed by atoms with E-state index in [4.69, 9.17) is 5.73 Å². The standard InChI is InChI=1S/C16H25N5O2/c1-11-10-18-21(13-4-2-3-5-13)15(11)19-16(23)20-8-6-12(7-9-20)14(17)22/h10,12-13H,2-9H2,1H3,(H2,17,22)(H,19,23). The Morgan fingerprint density at radius 1 is 1.22 bits per heavy atom. The molecule has 23 heavy (non-hydrogen) atoms. The van der Waals surface area contributed by atoms with Gasteiger partial charge in [0.15, 0.2) is 0 Å². The quantitative estimate of drug-likeness (QED) is 0.892. The number of anilines is 1. The average molecular weight is 319 g/mol. The molecule has 1 aliphatic heterocycles. The lowest BCUT2D eigenvalue weighted by Gasteiger charge is -2.30. The van der Waals surface area contributed by atoms with Crippen LogP contribution in [-0.4, -0.2) is 39.7 Å². The number of carbonyl (C=O) groups excluding carboxylic acids is 2. The van der Waals surface area contributed by atoms with Crippen LogP contribution in [-0.2, 0) is 4.79 Å². The van der Waals surface area contributed by atoms with E-state index in [1.807, 2.05) is 17.8 Å². The van der Waals surface area contributed by atoms with Crippen molar-refractivity contribution in [1.82, 2.24) is 14.7 Å². The third-order valence-electron chi connectivity index (χ3n) is 5.06. The van der Waals surface area contributed by atoms with Crippen molar-refractivity contribution in [2.24, 2.45) is 11.7 Å². The predicted molar refractivity (Wildman–Crippen MR) is 87.0 cm³/mol. The van der Waals surface area contributed by atoms with E-state index < -0.39 is 0 Å². The molecule has 0 unspecified atom stereocenters. The number of primary amides is 1. The van der Waals surface area contributed by atoms with E-state index in [0.29, 0.717) is 32.0 Å². The van der Waals surface area contributed by atoms with Crippen molar-refractivity contribution in [3.63, 3.8) is 0 Å². The summed E-state index contributed by atoms with van der Waals surface area (Å²) in [5.74, 6) is 0.434. The summed E-state index contributed by atoms with van der Waals surface area (Å²) in [6.07, 6.45) is 7.78. The van der Waals surface area contributed by atoms with E-state index in [-0.39, 0.29) is 17.9 Å². The molecule has 7 heteroatoms. The van der Waals surface area contributed by atoms with Gasteiger partial charge in [0.2, 0.25) is 5.91 Å². The second-order valence-electron chi connectivity index (χ2n) is 6.65. The minimum absolute atomic E-state index is 0.107. The van der Waals surface area contributed by atoms with E-state index in [0.717, 1.165) is 24.2 Å². The lowest BCUT2D eigenvalue weighted by Crippen LogP contribution is -2.44. The molecular formula is C16H25N5O2. The van der Waals surface area contributed by atoms with Crippen LogP contribution in [0.4, 0.5) is 10.6 Å². The summed E-state index contributed by atoms with van der Waals surface area (Å²) in [7, 11) is 0. The van der Waals surface area contributed by atoms with Gasteiger partial charge in [0.25, 0.3) is 0 Å². The number of carbonyl (C=O) groups is 2. The molecule has 0 spiro atoms. The first-order valence-electron chi connectivity index (χ1n) is 8.45. The van der Waals surface area contributed by atoms with Gasteiger partial charge in [0, 0.05) is 24.6 Å². The maximum Gasteiger partial charge on any atom is 0.323 e. The van der Waals surface area contributed by atoms with Gasteiger partial charge in [0.05, 0.1) is 12.2 Å². The predicted octanol–water partition coefficient (Wildman–Crippen LogP) is 2.04. The largest absolute Gasteiger partial charge is 0.369 e. The van der Waals surface area contributed by atoms with Crippen LogP contribution in [0.1, 0.15) is 50.1 Å². The molecule has 7 nitrogen and oxygen atoms in total. The number of piperidine rings is 1. The van der Waals surface area contributed by atoms with Crippen LogP contribution in [0.2, 0.25) is 0 Å². The number of urea groups is 1. The lowest BCUT2D eigenvalue weighted by molar-refractivity contribution is -0.122. The number of amides is 3. The Morgan fingerprint density at radius 2 is 1.87 bits per heavy atom. The Morgan fingerprint density at radius 3 is 2.48 bits per heavy atom. The number of nitrogens with one attached hydrogen (secondary N) is 1. The molecule has 3 rings (SSSR count). The van der Waals surface area contributed by atoms with Gasteiger partial charge in [-0.05, 0) is 32.6 Å². The molecular weight excluding hydrogens is 294 g/mol. The number of rotatable bonds is 3. The number of hydrogen-bond donors (Lipinski definition) is 2. The van der Waals surface area contributed by atoms with Crippen LogP contribution >= 0.6 is 0 Å². The normalized spacial score (nSPS) is 20.0. The number of likely N-dealkylation sites (tertiary alicyclic amines) is 1. The average Bonchev–Trinajstić information content (AvgIpc) is 3.18. The second kappa shape index (κ2) is 6.60. The van der Waals surface area contributed by atoms with Gasteiger partial charge in [-0.1, -0.05) is 12.8 Å². The highest BCUT2D eigenvalue weighted by Gasteiger charge is 2.27. The van der Waals surface area contributed by atoms with Crippen LogP contribution in [0.15, 0.2) is 6.20 Å². The molecule has 1 saturated heterocycles. The number of aromatic nitrogens is 2. The van der Waals surface area contributed by atoms with E-state index in [9.17, 15) is 9.59 Å². The third kappa shape index (κ3) is 3.33. The zero-order valence-electron chi connectivity index (χ0n) is 13.6. The summed E-state index contributed by atoms with van der Waals surface area (Å²) >= 11 is 0. The van der Waals surface area contributed by atoms with Gasteiger partial charge < -0.3 is 10.6 Å². The Bertz CT molecular complexity index is 583. The van der Waals surface area contributed by atoms with Crippen molar-refractivity contribution in [2.45, 2.75) is 51.5 Å². The zero-order valence-corrected chi connectivity index (χ0v) is 13.6. The minimum atomic E-state index is -0.264. The fourth-order valence-electron chi connectivity index (χ4n) is 3.58. The Labute approximate surface area is 136 Å². The van der Waals surface area contributed by atoms with Crippen LogP contribution in [0, 0.1) is 12.8 Å². The van der Waals surface area contributed by atoms with Crippen LogP contribution in [0.5, 0.6) is 0 Å². The van der Waals surface area contributed by atoms with Crippen LogP contribution in [0.3, 0.4) is 0 Å². The van der Waals surface area contributed by atoms with Gasteiger partial charge in [-0.15, -0.1) is 0 Å². The highest BCUT2D eigenvalue weighted by atomic mass is 16.2. The summed E-state index contributed by atoms with van der Waals surface area (Å²) in [6, 6.07) is 0.273. The van der Waals surface area contributed by atoms with Crippen LogP contribution < -0.4 is 11.1 Å². The monoisotopic (exact) mass is 319 g/mol. The summed E-state index contributed by atoms with van der Waals surface area (Å²) in [5, 5.41) is 7.47. The van der Waals surface area contributed by atoms with Gasteiger partial charge >= 0.3 is 6.03 Å². The summed E-state index contributed by atoms with van der Waals surface area (Å²) in [4.78, 5) is 25.5. The minimum Gasteiger partial charge on any atom is -0.369 e. The van der Waals surface area contributed by atoms with Gasteiger partial charge in [-0.3, -0.25) is 10.1 Å². The Balaban J connectivity index is 1.64. The summed E-state index contributed by atoms with van der Waals surface area (Å²) in [5.41, 5.74) is 6.32. The molecule has 0 bridgehead atoms. The van der Waals surface area contributed by atoms with Crippen molar-refractivity contribution in [1.29, 1.82) is 0 Å². The molecule has 2 aliphatic rings.